The van der Waals surface area contributed by atoms with Gasteiger partial charge in [-0.1, -0.05) is 66.7 Å². The van der Waals surface area contributed by atoms with Crippen molar-refractivity contribution < 1.29 is 32.2 Å². The Bertz CT molecular complexity index is 1770. The van der Waals surface area contributed by atoms with Crippen LogP contribution in [0, 0.1) is 0 Å². The van der Waals surface area contributed by atoms with Gasteiger partial charge in [-0.25, -0.2) is 22.0 Å². The normalized spacial score (nSPS) is 22.0. The molecule has 0 radical (unpaired) electrons. The third kappa shape index (κ3) is 2.85. The summed E-state index contributed by atoms with van der Waals surface area (Å²) in [6.07, 6.45) is 0. The van der Waals surface area contributed by atoms with E-state index in [1.807, 2.05) is 0 Å². The molecular weight excluding hydrogens is 506 g/mol. The maximum atomic E-state index is 14.3. The van der Waals surface area contributed by atoms with Crippen LogP contribution in [-0.4, -0.2) is 38.5 Å². The van der Waals surface area contributed by atoms with Crippen molar-refractivity contribution in [2.45, 2.75) is 23.0 Å². The number of para-hydroxylation sites is 1. The maximum absolute atomic E-state index is 14.3. The fraction of sp³-hybridized carbons (Fsp3) is 0.172. The number of rotatable bonds is 5. The number of carbonyl (C=O) groups is 2. The minimum Gasteiger partial charge on any atom is -0.466 e. The molecule has 6 rings (SSSR count). The van der Waals surface area contributed by atoms with Gasteiger partial charge in [-0.3, -0.25) is 0 Å². The Morgan fingerprint density at radius 1 is 0.789 bits per heavy atom. The molecule has 0 N–H and O–H groups in total. The second kappa shape index (κ2) is 8.14. The molecule has 1 aromatic heterocycles. The maximum Gasteiger partial charge on any atom is 0.338 e. The molecule has 192 valence electrons. The molecule has 9 heteroatoms. The first kappa shape index (κ1) is 24.1. The third-order valence-electron chi connectivity index (χ3n) is 7.32. The minimum absolute atomic E-state index is 0.0248. The lowest BCUT2D eigenvalue weighted by molar-refractivity contribution is -0.139. The number of ether oxygens (including phenoxy) is 3. The molecular formula is C29H23NO7S. The van der Waals surface area contributed by atoms with E-state index in [1.165, 1.54) is 30.3 Å². The number of carbonyl (C=O) groups excluding carboxylic acids is 2. The van der Waals surface area contributed by atoms with E-state index in [0.29, 0.717) is 22.0 Å². The second-order valence-electron chi connectivity index (χ2n) is 9.24. The Morgan fingerprint density at radius 2 is 1.34 bits per heavy atom. The van der Waals surface area contributed by atoms with Gasteiger partial charge < -0.3 is 14.2 Å². The van der Waals surface area contributed by atoms with Crippen LogP contribution in [0.15, 0.2) is 101 Å². The molecule has 3 heterocycles. The molecule has 8 nitrogen and oxygen atoms in total. The Hall–Kier alpha value is -4.21. The Balaban J connectivity index is 1.85. The van der Waals surface area contributed by atoms with E-state index in [0.717, 1.165) is 0 Å². The Labute approximate surface area is 219 Å². The molecule has 2 atom stereocenters. The zero-order valence-electron chi connectivity index (χ0n) is 20.8. The highest BCUT2D eigenvalue weighted by Gasteiger charge is 2.70. The number of methoxy groups -OCH3 is 2. The fourth-order valence-corrected chi connectivity index (χ4v) is 7.48. The zero-order valence-corrected chi connectivity index (χ0v) is 21.6. The van der Waals surface area contributed by atoms with Gasteiger partial charge in [0.1, 0.15) is 5.60 Å². The van der Waals surface area contributed by atoms with E-state index in [4.69, 9.17) is 14.2 Å². The van der Waals surface area contributed by atoms with Crippen LogP contribution in [0.3, 0.4) is 0 Å². The molecule has 2 bridgehead atoms. The lowest BCUT2D eigenvalue weighted by atomic mass is 9.72. The van der Waals surface area contributed by atoms with Crippen LogP contribution < -0.4 is 0 Å². The molecule has 0 fully saturated rings. The lowest BCUT2D eigenvalue weighted by Crippen LogP contribution is -2.37. The number of benzene rings is 3. The summed E-state index contributed by atoms with van der Waals surface area (Å²) in [5.41, 5.74) is -1.86. The number of esters is 2. The molecule has 0 aliphatic carbocycles. The van der Waals surface area contributed by atoms with Gasteiger partial charge in [-0.05, 0) is 30.7 Å². The van der Waals surface area contributed by atoms with Gasteiger partial charge in [0, 0.05) is 10.9 Å². The fourth-order valence-electron chi connectivity index (χ4n) is 5.89. The van der Waals surface area contributed by atoms with Crippen molar-refractivity contribution in [2.24, 2.45) is 0 Å². The van der Waals surface area contributed by atoms with Crippen molar-refractivity contribution in [3.63, 3.8) is 0 Å². The molecule has 38 heavy (non-hydrogen) atoms. The summed E-state index contributed by atoms with van der Waals surface area (Å²) in [6.45, 7) is 1.66. The molecule has 0 saturated heterocycles. The van der Waals surface area contributed by atoms with E-state index >= 15 is 0 Å². The zero-order chi connectivity index (χ0) is 26.9. The lowest BCUT2D eigenvalue weighted by Gasteiger charge is -2.30. The van der Waals surface area contributed by atoms with Crippen molar-refractivity contribution in [3.05, 3.63) is 113 Å². The van der Waals surface area contributed by atoms with Crippen LogP contribution in [0.1, 0.15) is 23.7 Å². The standard InChI is InChI=1S/C29H23NO7S/c1-28-22-20-16-10-11-17-21(20)30(38(33,34)19-14-8-5-9-15-19)25(22)29(37-28,18-12-6-4-7-13-18)24(27(32)36-3)23(28)26(31)35-2/h4-17H,1-3H3/t28-,29-/m1/s1. The number of fused-ring (bicyclic) bond motifs is 7. The average molecular weight is 530 g/mol. The quantitative estimate of drug-likeness (QED) is 0.360. The van der Waals surface area contributed by atoms with Gasteiger partial charge in [-0.2, -0.15) is 0 Å². The summed E-state index contributed by atoms with van der Waals surface area (Å²) in [7, 11) is -1.77. The SMILES string of the molecule is COC(=O)C1=C(C(=O)OC)[C@]2(C)O[C@@]1(c1ccccc1)c1c2c2ccccc2n1S(=O)(=O)c1ccccc1. The van der Waals surface area contributed by atoms with E-state index in [2.05, 4.69) is 0 Å². The van der Waals surface area contributed by atoms with Crippen molar-refractivity contribution in [3.8, 4) is 0 Å². The van der Waals surface area contributed by atoms with Crippen molar-refractivity contribution in [1.82, 2.24) is 3.97 Å². The van der Waals surface area contributed by atoms with Crippen LogP contribution in [0.25, 0.3) is 10.9 Å². The van der Waals surface area contributed by atoms with Gasteiger partial charge in [0.25, 0.3) is 10.0 Å². The van der Waals surface area contributed by atoms with Crippen LogP contribution in [0.2, 0.25) is 0 Å². The largest absolute Gasteiger partial charge is 0.466 e. The first-order valence-corrected chi connectivity index (χ1v) is 13.3. The molecule has 0 spiro atoms. The molecule has 0 amide bonds. The predicted molar refractivity (Wildman–Crippen MR) is 138 cm³/mol. The molecule has 2 aliphatic heterocycles. The van der Waals surface area contributed by atoms with Gasteiger partial charge in [-0.15, -0.1) is 0 Å². The average Bonchev–Trinajstić information content (AvgIpc) is 3.55. The number of aromatic nitrogens is 1. The summed E-state index contributed by atoms with van der Waals surface area (Å²) >= 11 is 0. The van der Waals surface area contributed by atoms with E-state index in [1.54, 1.807) is 79.7 Å². The van der Waals surface area contributed by atoms with E-state index in [9.17, 15) is 18.0 Å². The monoisotopic (exact) mass is 529 g/mol. The van der Waals surface area contributed by atoms with Gasteiger partial charge in [0.05, 0.1) is 41.5 Å². The highest BCUT2D eigenvalue weighted by Crippen LogP contribution is 2.66. The number of hydrogen-bond acceptors (Lipinski definition) is 7. The third-order valence-corrected chi connectivity index (χ3v) is 9.05. The van der Waals surface area contributed by atoms with Crippen LogP contribution in [0.5, 0.6) is 0 Å². The summed E-state index contributed by atoms with van der Waals surface area (Å²) in [5, 5.41) is 0.577. The first-order chi connectivity index (χ1) is 18.2. The number of hydrogen-bond donors (Lipinski definition) is 0. The highest BCUT2D eigenvalue weighted by molar-refractivity contribution is 7.90. The van der Waals surface area contributed by atoms with E-state index < -0.39 is 33.2 Å². The summed E-state index contributed by atoms with van der Waals surface area (Å²) in [4.78, 5) is 26.8. The number of nitrogens with zero attached hydrogens (tertiary/aromatic N) is 1. The Morgan fingerprint density at radius 3 is 1.97 bits per heavy atom. The highest BCUT2D eigenvalue weighted by atomic mass is 32.2. The minimum atomic E-state index is -4.20. The van der Waals surface area contributed by atoms with Crippen LogP contribution in [0.4, 0.5) is 0 Å². The summed E-state index contributed by atoms with van der Waals surface area (Å²) in [5.74, 6) is -1.59. The summed E-state index contributed by atoms with van der Waals surface area (Å²) < 4.78 is 46.9. The van der Waals surface area contributed by atoms with Crippen molar-refractivity contribution >= 4 is 32.9 Å². The first-order valence-electron chi connectivity index (χ1n) is 11.9. The molecule has 4 aromatic rings. The molecule has 2 aliphatic rings. The smallest absolute Gasteiger partial charge is 0.338 e. The summed E-state index contributed by atoms with van der Waals surface area (Å²) in [6, 6.07) is 23.8. The predicted octanol–water partition coefficient (Wildman–Crippen LogP) is 4.02. The van der Waals surface area contributed by atoms with Crippen molar-refractivity contribution in [2.75, 3.05) is 14.2 Å². The Kier molecular flexibility index (Phi) is 5.17. The molecule has 0 unspecified atom stereocenters. The van der Waals surface area contributed by atoms with Crippen molar-refractivity contribution in [1.29, 1.82) is 0 Å². The second-order valence-corrected chi connectivity index (χ2v) is 11.0. The topological polar surface area (TPSA) is 101 Å². The van der Waals surface area contributed by atoms with Gasteiger partial charge >= 0.3 is 11.9 Å². The van der Waals surface area contributed by atoms with Crippen LogP contribution in [-0.2, 0) is 45.0 Å². The molecule has 3 aromatic carbocycles. The van der Waals surface area contributed by atoms with Gasteiger partial charge in [0.2, 0.25) is 0 Å². The van der Waals surface area contributed by atoms with Crippen LogP contribution >= 0.6 is 0 Å². The molecule has 0 saturated carbocycles. The van der Waals surface area contributed by atoms with E-state index in [-0.39, 0.29) is 21.7 Å². The van der Waals surface area contributed by atoms with Gasteiger partial charge in [0.15, 0.2) is 5.60 Å².